The van der Waals surface area contributed by atoms with E-state index in [0.717, 1.165) is 11.3 Å². The molecule has 0 aliphatic heterocycles. The first-order chi connectivity index (χ1) is 7.69. The SMILES string of the molecule is Cc1ncc(S(=O)(=O)NC(C)(C)/C(N)=N/O)s1. The zero-order valence-electron chi connectivity index (χ0n) is 9.63. The molecule has 1 rings (SSSR count). The van der Waals surface area contributed by atoms with Gasteiger partial charge in [-0.25, -0.2) is 13.4 Å². The van der Waals surface area contributed by atoms with Crippen molar-refractivity contribution in [3.05, 3.63) is 11.2 Å². The van der Waals surface area contributed by atoms with Crippen LogP contribution in [0.1, 0.15) is 18.9 Å². The fraction of sp³-hybridized carbons (Fsp3) is 0.500. The molecule has 0 saturated heterocycles. The lowest BCUT2D eigenvalue weighted by atomic mass is 10.1. The molecule has 4 N–H and O–H groups in total. The minimum Gasteiger partial charge on any atom is -0.409 e. The number of sulfonamides is 1. The van der Waals surface area contributed by atoms with E-state index >= 15 is 0 Å². The Balaban J connectivity index is 3.03. The third kappa shape index (κ3) is 3.14. The van der Waals surface area contributed by atoms with Crippen LogP contribution in [-0.2, 0) is 10.0 Å². The first-order valence-corrected chi connectivity index (χ1v) is 6.93. The highest BCUT2D eigenvalue weighted by Crippen LogP contribution is 2.19. The maximum Gasteiger partial charge on any atom is 0.252 e. The van der Waals surface area contributed by atoms with Gasteiger partial charge in [-0.1, -0.05) is 5.16 Å². The molecular formula is C8H14N4O3S2. The Morgan fingerprint density at radius 3 is 2.65 bits per heavy atom. The molecule has 17 heavy (non-hydrogen) atoms. The van der Waals surface area contributed by atoms with E-state index in [1.165, 1.54) is 20.0 Å². The summed E-state index contributed by atoms with van der Waals surface area (Å²) in [4.78, 5) is 3.87. The average molecular weight is 278 g/mol. The predicted molar refractivity (Wildman–Crippen MR) is 64.7 cm³/mol. The molecule has 0 amide bonds. The Kier molecular flexibility index (Phi) is 3.74. The number of oxime groups is 1. The number of amidine groups is 1. The number of nitrogens with zero attached hydrogens (tertiary/aromatic N) is 2. The lowest BCUT2D eigenvalue weighted by Gasteiger charge is -2.23. The van der Waals surface area contributed by atoms with E-state index in [-0.39, 0.29) is 10.0 Å². The van der Waals surface area contributed by atoms with Crippen molar-refractivity contribution in [2.45, 2.75) is 30.5 Å². The molecule has 7 nitrogen and oxygen atoms in total. The van der Waals surface area contributed by atoms with Gasteiger partial charge in [-0.15, -0.1) is 11.3 Å². The van der Waals surface area contributed by atoms with Gasteiger partial charge >= 0.3 is 0 Å². The molecule has 0 atom stereocenters. The third-order valence-corrected chi connectivity index (χ3v) is 5.03. The number of nitrogens with one attached hydrogen (secondary N) is 1. The van der Waals surface area contributed by atoms with Crippen molar-refractivity contribution in [1.82, 2.24) is 9.71 Å². The fourth-order valence-corrected chi connectivity index (χ4v) is 3.53. The molecule has 1 aromatic rings. The molecule has 1 aromatic heterocycles. The van der Waals surface area contributed by atoms with Crippen LogP contribution in [-0.4, -0.2) is 30.0 Å². The lowest BCUT2D eigenvalue weighted by Crippen LogP contribution is -2.52. The Labute approximate surface area is 103 Å². The van der Waals surface area contributed by atoms with Crippen LogP contribution < -0.4 is 10.5 Å². The van der Waals surface area contributed by atoms with Crippen molar-refractivity contribution >= 4 is 27.2 Å². The Bertz CT molecular complexity index is 533. The zero-order chi connectivity index (χ0) is 13.3. The van der Waals surface area contributed by atoms with Gasteiger partial charge in [0, 0.05) is 0 Å². The quantitative estimate of drug-likeness (QED) is 0.316. The third-order valence-electron chi connectivity index (χ3n) is 2.00. The van der Waals surface area contributed by atoms with E-state index in [9.17, 15) is 8.42 Å². The van der Waals surface area contributed by atoms with E-state index in [1.54, 1.807) is 6.92 Å². The topological polar surface area (TPSA) is 118 Å². The number of hydrogen-bond donors (Lipinski definition) is 3. The number of thiazole rings is 1. The van der Waals surface area contributed by atoms with Crippen LogP contribution in [0.5, 0.6) is 0 Å². The number of nitrogens with two attached hydrogens (primary N) is 1. The molecule has 0 unspecified atom stereocenters. The van der Waals surface area contributed by atoms with E-state index < -0.39 is 15.6 Å². The van der Waals surface area contributed by atoms with E-state index in [2.05, 4.69) is 14.9 Å². The molecule has 0 aliphatic rings. The Hall–Kier alpha value is -1.19. The number of rotatable bonds is 4. The van der Waals surface area contributed by atoms with Crippen LogP contribution >= 0.6 is 11.3 Å². The van der Waals surface area contributed by atoms with Gasteiger partial charge in [0.2, 0.25) is 0 Å². The van der Waals surface area contributed by atoms with Crippen LogP contribution in [0.4, 0.5) is 0 Å². The van der Waals surface area contributed by atoms with Crippen molar-refractivity contribution in [3.63, 3.8) is 0 Å². The van der Waals surface area contributed by atoms with Crippen molar-refractivity contribution in [2.75, 3.05) is 0 Å². The maximum atomic E-state index is 11.9. The first-order valence-electron chi connectivity index (χ1n) is 4.63. The standard InChI is InChI=1S/C8H14N4O3S2/c1-5-10-4-6(16-5)17(14,15)12-8(2,3)7(9)11-13/h4,12-13H,1-3H3,(H2,9,11). The summed E-state index contributed by atoms with van der Waals surface area (Å²) >= 11 is 1.05. The number of aryl methyl sites for hydroxylation is 1. The van der Waals surface area contributed by atoms with Gasteiger partial charge in [0.15, 0.2) is 10.0 Å². The minimum absolute atomic E-state index is 0.0915. The van der Waals surface area contributed by atoms with Gasteiger partial charge in [-0.2, -0.15) is 4.72 Å². The van der Waals surface area contributed by atoms with E-state index in [0.29, 0.717) is 5.01 Å². The summed E-state index contributed by atoms with van der Waals surface area (Å²) < 4.78 is 26.3. The van der Waals surface area contributed by atoms with E-state index in [4.69, 9.17) is 10.9 Å². The van der Waals surface area contributed by atoms with Gasteiger partial charge in [0.25, 0.3) is 10.0 Å². The van der Waals surface area contributed by atoms with Crippen LogP contribution in [0.2, 0.25) is 0 Å². The van der Waals surface area contributed by atoms with Crippen molar-refractivity contribution in [1.29, 1.82) is 0 Å². The normalized spacial score (nSPS) is 13.9. The highest BCUT2D eigenvalue weighted by molar-refractivity contribution is 7.91. The molecule has 1 heterocycles. The molecule has 0 aromatic carbocycles. The van der Waals surface area contributed by atoms with Crippen LogP contribution in [0.25, 0.3) is 0 Å². The maximum absolute atomic E-state index is 11.9. The lowest BCUT2D eigenvalue weighted by molar-refractivity contribution is 0.312. The van der Waals surface area contributed by atoms with Crippen molar-refractivity contribution in [3.8, 4) is 0 Å². The number of aromatic nitrogens is 1. The predicted octanol–water partition coefficient (Wildman–Crippen LogP) is 0.255. The zero-order valence-corrected chi connectivity index (χ0v) is 11.3. The van der Waals surface area contributed by atoms with Gasteiger partial charge < -0.3 is 10.9 Å². The molecule has 0 bridgehead atoms. The minimum atomic E-state index is -3.72. The highest BCUT2D eigenvalue weighted by Gasteiger charge is 2.31. The summed E-state index contributed by atoms with van der Waals surface area (Å²) in [5, 5.41) is 12.0. The molecule has 0 radical (unpaired) electrons. The van der Waals surface area contributed by atoms with Crippen LogP contribution in [0.3, 0.4) is 0 Å². The van der Waals surface area contributed by atoms with Crippen molar-refractivity contribution < 1.29 is 13.6 Å². The fourth-order valence-electron chi connectivity index (χ4n) is 1.03. The molecule has 0 aliphatic carbocycles. The van der Waals surface area contributed by atoms with Gasteiger partial charge in [-0.3, -0.25) is 0 Å². The summed E-state index contributed by atoms with van der Waals surface area (Å²) in [5.74, 6) is -0.220. The Morgan fingerprint density at radius 2 is 2.24 bits per heavy atom. The highest BCUT2D eigenvalue weighted by atomic mass is 32.2. The van der Waals surface area contributed by atoms with Crippen LogP contribution in [0.15, 0.2) is 15.6 Å². The molecule has 0 spiro atoms. The first kappa shape index (κ1) is 13.9. The molecule has 9 heteroatoms. The molecule has 0 saturated carbocycles. The molecule has 0 fully saturated rings. The van der Waals surface area contributed by atoms with Gasteiger partial charge in [0.1, 0.15) is 0 Å². The van der Waals surface area contributed by atoms with Crippen molar-refractivity contribution in [2.24, 2.45) is 10.9 Å². The largest absolute Gasteiger partial charge is 0.409 e. The second-order valence-corrected chi connectivity index (χ2v) is 7.06. The Morgan fingerprint density at radius 1 is 1.65 bits per heavy atom. The van der Waals surface area contributed by atoms with E-state index in [1.807, 2.05) is 0 Å². The second-order valence-electron chi connectivity index (χ2n) is 3.91. The molecule has 96 valence electrons. The average Bonchev–Trinajstić information content (AvgIpc) is 2.62. The smallest absolute Gasteiger partial charge is 0.252 e. The van der Waals surface area contributed by atoms with Gasteiger partial charge in [-0.05, 0) is 20.8 Å². The summed E-state index contributed by atoms with van der Waals surface area (Å²) in [6.45, 7) is 4.69. The van der Waals surface area contributed by atoms with Gasteiger partial charge in [0.05, 0.1) is 16.7 Å². The van der Waals surface area contributed by atoms with Crippen LogP contribution in [0, 0.1) is 6.92 Å². The monoisotopic (exact) mass is 278 g/mol. The summed E-state index contributed by atoms with van der Waals surface area (Å²) in [5.41, 5.74) is 4.23. The molecular weight excluding hydrogens is 264 g/mol. The second kappa shape index (κ2) is 4.59. The summed E-state index contributed by atoms with van der Waals surface area (Å²) in [6.07, 6.45) is 1.27. The summed E-state index contributed by atoms with van der Waals surface area (Å²) in [6, 6.07) is 0. The number of hydrogen-bond acceptors (Lipinski definition) is 6. The summed E-state index contributed by atoms with van der Waals surface area (Å²) in [7, 11) is -3.72.